The molecule has 1 saturated heterocycles. The van der Waals surface area contributed by atoms with E-state index in [1.54, 1.807) is 12.1 Å². The Kier molecular flexibility index (Phi) is 2.28. The predicted octanol–water partition coefficient (Wildman–Crippen LogP) is 3.06. The Morgan fingerprint density at radius 1 is 1.44 bits per heavy atom. The third-order valence-electron chi connectivity index (χ3n) is 4.41. The maximum Gasteiger partial charge on any atom is 0.127 e. The van der Waals surface area contributed by atoms with E-state index in [1.807, 2.05) is 12.1 Å². The lowest BCUT2D eigenvalue weighted by atomic mass is 10.0. The van der Waals surface area contributed by atoms with Crippen LogP contribution in [0.4, 0.5) is 4.39 Å². The first-order chi connectivity index (χ1) is 7.70. The van der Waals surface area contributed by atoms with Gasteiger partial charge in [-0.2, -0.15) is 0 Å². The maximum atomic E-state index is 13.5. The molecule has 1 saturated carbocycles. The molecule has 0 amide bonds. The minimum atomic E-state index is -0.0627. The molecule has 0 radical (unpaired) electrons. The molecule has 2 heteroatoms. The van der Waals surface area contributed by atoms with Crippen LogP contribution in [0.2, 0.25) is 0 Å². The van der Waals surface area contributed by atoms with E-state index < -0.39 is 0 Å². The van der Waals surface area contributed by atoms with Crippen molar-refractivity contribution >= 4 is 0 Å². The second-order valence-electron chi connectivity index (χ2n) is 5.52. The first-order valence-electron chi connectivity index (χ1n) is 6.15. The summed E-state index contributed by atoms with van der Waals surface area (Å²) in [4.78, 5) is 2.40. The first kappa shape index (κ1) is 10.3. The summed E-state index contributed by atoms with van der Waals surface area (Å²) >= 11 is 0. The van der Waals surface area contributed by atoms with E-state index in [-0.39, 0.29) is 5.82 Å². The van der Waals surface area contributed by atoms with Crippen LogP contribution >= 0.6 is 0 Å². The van der Waals surface area contributed by atoms with Gasteiger partial charge in [0.2, 0.25) is 0 Å². The van der Waals surface area contributed by atoms with Gasteiger partial charge in [0.1, 0.15) is 5.82 Å². The highest BCUT2D eigenvalue weighted by atomic mass is 19.1. The quantitative estimate of drug-likeness (QED) is 0.739. The van der Waals surface area contributed by atoms with Crippen molar-refractivity contribution in [3.63, 3.8) is 0 Å². The Labute approximate surface area is 96.3 Å². The van der Waals surface area contributed by atoms with Crippen molar-refractivity contribution in [2.75, 3.05) is 13.1 Å². The molecule has 1 aliphatic carbocycles. The van der Waals surface area contributed by atoms with Crippen LogP contribution in [0.3, 0.4) is 0 Å². The highest BCUT2D eigenvalue weighted by molar-refractivity contribution is 5.18. The summed E-state index contributed by atoms with van der Waals surface area (Å²) in [6.07, 6.45) is 2.68. The van der Waals surface area contributed by atoms with E-state index in [0.717, 1.165) is 24.6 Å². The van der Waals surface area contributed by atoms with Gasteiger partial charge in [0.25, 0.3) is 0 Å². The fourth-order valence-corrected chi connectivity index (χ4v) is 3.11. The zero-order valence-electron chi connectivity index (χ0n) is 9.75. The van der Waals surface area contributed by atoms with E-state index >= 15 is 0 Å². The zero-order chi connectivity index (χ0) is 11.2. The summed E-state index contributed by atoms with van der Waals surface area (Å²) in [6.45, 7) is 5.43. The molecule has 1 unspecified atom stereocenters. The molecule has 1 nitrogen and oxygen atoms in total. The molecule has 1 aliphatic heterocycles. The number of hydrogen-bond donors (Lipinski definition) is 0. The summed E-state index contributed by atoms with van der Waals surface area (Å²) in [5, 5.41) is 0. The Balaban J connectivity index is 1.67. The number of halogens is 1. The van der Waals surface area contributed by atoms with Gasteiger partial charge in [-0.1, -0.05) is 25.1 Å². The highest BCUT2D eigenvalue weighted by Gasteiger charge is 2.54. The topological polar surface area (TPSA) is 3.24 Å². The molecule has 0 bridgehead atoms. The van der Waals surface area contributed by atoms with Crippen LogP contribution in [0.25, 0.3) is 0 Å². The SMILES string of the molecule is C[C@@H]1CC12CCN(Cc1ccccc1F)C2. The number of likely N-dealkylation sites (tertiary alicyclic amines) is 1. The number of benzene rings is 1. The molecule has 16 heavy (non-hydrogen) atoms. The van der Waals surface area contributed by atoms with Crippen molar-refractivity contribution in [2.45, 2.75) is 26.3 Å². The monoisotopic (exact) mass is 219 g/mol. The van der Waals surface area contributed by atoms with Gasteiger partial charge in [-0.15, -0.1) is 0 Å². The van der Waals surface area contributed by atoms with Crippen LogP contribution in [0.1, 0.15) is 25.3 Å². The predicted molar refractivity (Wildman–Crippen MR) is 62.5 cm³/mol. The number of hydrogen-bond acceptors (Lipinski definition) is 1. The summed E-state index contributed by atoms with van der Waals surface area (Å²) in [5.41, 5.74) is 1.44. The molecule has 1 aromatic rings. The van der Waals surface area contributed by atoms with Gasteiger partial charge in [-0.25, -0.2) is 4.39 Å². The highest BCUT2D eigenvalue weighted by Crippen LogP contribution is 2.58. The maximum absolute atomic E-state index is 13.5. The molecular weight excluding hydrogens is 201 g/mol. The van der Waals surface area contributed by atoms with Crippen molar-refractivity contribution in [3.8, 4) is 0 Å². The average Bonchev–Trinajstić information content (AvgIpc) is 2.71. The largest absolute Gasteiger partial charge is 0.298 e. The lowest BCUT2D eigenvalue weighted by Crippen LogP contribution is -2.21. The Bertz CT molecular complexity index is 403. The Hall–Kier alpha value is -0.890. The van der Waals surface area contributed by atoms with Crippen molar-refractivity contribution in [1.82, 2.24) is 4.90 Å². The van der Waals surface area contributed by atoms with Gasteiger partial charge in [0, 0.05) is 18.7 Å². The van der Waals surface area contributed by atoms with Gasteiger partial charge in [0.05, 0.1) is 0 Å². The summed E-state index contributed by atoms with van der Waals surface area (Å²) in [7, 11) is 0. The third kappa shape index (κ3) is 1.65. The van der Waals surface area contributed by atoms with Crippen LogP contribution in [-0.4, -0.2) is 18.0 Å². The van der Waals surface area contributed by atoms with E-state index in [0.29, 0.717) is 5.41 Å². The third-order valence-corrected chi connectivity index (χ3v) is 4.41. The number of rotatable bonds is 2. The van der Waals surface area contributed by atoms with Gasteiger partial charge in [0.15, 0.2) is 0 Å². The molecule has 0 aromatic heterocycles. The second kappa shape index (κ2) is 3.56. The van der Waals surface area contributed by atoms with Crippen molar-refractivity contribution in [3.05, 3.63) is 35.6 Å². The molecule has 1 spiro atoms. The van der Waals surface area contributed by atoms with Crippen LogP contribution in [0, 0.1) is 17.2 Å². The molecule has 1 heterocycles. The molecule has 2 aliphatic rings. The normalized spacial score (nSPS) is 33.5. The minimum absolute atomic E-state index is 0.0627. The van der Waals surface area contributed by atoms with E-state index in [4.69, 9.17) is 0 Å². The molecule has 86 valence electrons. The smallest absolute Gasteiger partial charge is 0.127 e. The van der Waals surface area contributed by atoms with Gasteiger partial charge in [-0.3, -0.25) is 4.90 Å². The second-order valence-corrected chi connectivity index (χ2v) is 5.52. The van der Waals surface area contributed by atoms with Gasteiger partial charge < -0.3 is 0 Å². The van der Waals surface area contributed by atoms with Crippen LogP contribution in [0.5, 0.6) is 0 Å². The minimum Gasteiger partial charge on any atom is -0.298 e. The lowest BCUT2D eigenvalue weighted by Gasteiger charge is -2.16. The Morgan fingerprint density at radius 2 is 2.19 bits per heavy atom. The molecule has 2 fully saturated rings. The summed E-state index contributed by atoms with van der Waals surface area (Å²) < 4.78 is 13.5. The van der Waals surface area contributed by atoms with Crippen molar-refractivity contribution in [2.24, 2.45) is 11.3 Å². The van der Waals surface area contributed by atoms with E-state index in [1.165, 1.54) is 19.4 Å². The standard InChI is InChI=1S/C14H18FN/c1-11-8-14(11)6-7-16(10-14)9-12-4-2-3-5-13(12)15/h2-5,11H,6-10H2,1H3/t11-,14?/m1/s1. The lowest BCUT2D eigenvalue weighted by molar-refractivity contribution is 0.303. The molecule has 3 rings (SSSR count). The zero-order valence-corrected chi connectivity index (χ0v) is 9.75. The van der Waals surface area contributed by atoms with Crippen molar-refractivity contribution in [1.29, 1.82) is 0 Å². The van der Waals surface area contributed by atoms with Gasteiger partial charge >= 0.3 is 0 Å². The van der Waals surface area contributed by atoms with Crippen LogP contribution in [-0.2, 0) is 6.54 Å². The molecule has 1 aromatic carbocycles. The molecular formula is C14H18FN. The average molecular weight is 219 g/mol. The molecule has 0 N–H and O–H groups in total. The first-order valence-corrected chi connectivity index (χ1v) is 6.15. The fourth-order valence-electron chi connectivity index (χ4n) is 3.11. The summed E-state index contributed by atoms with van der Waals surface area (Å²) in [6, 6.07) is 7.13. The van der Waals surface area contributed by atoms with Gasteiger partial charge in [-0.05, 0) is 36.8 Å². The molecule has 2 atom stereocenters. The Morgan fingerprint density at radius 3 is 2.81 bits per heavy atom. The fraction of sp³-hybridized carbons (Fsp3) is 0.571. The van der Waals surface area contributed by atoms with E-state index in [9.17, 15) is 4.39 Å². The van der Waals surface area contributed by atoms with Crippen LogP contribution < -0.4 is 0 Å². The van der Waals surface area contributed by atoms with Crippen LogP contribution in [0.15, 0.2) is 24.3 Å². The summed E-state index contributed by atoms with van der Waals surface area (Å²) in [5.74, 6) is 0.824. The van der Waals surface area contributed by atoms with Crippen molar-refractivity contribution < 1.29 is 4.39 Å². The van der Waals surface area contributed by atoms with E-state index in [2.05, 4.69) is 11.8 Å². The number of nitrogens with zero attached hydrogens (tertiary/aromatic N) is 1.